The van der Waals surface area contributed by atoms with Crippen molar-refractivity contribution in [3.8, 4) is 11.5 Å². The maximum Gasteiger partial charge on any atom is 0.305 e. The predicted octanol–water partition coefficient (Wildman–Crippen LogP) is 8.20. The Hall–Kier alpha value is -2.23. The summed E-state index contributed by atoms with van der Waals surface area (Å²) in [5.74, 6) is 1.33. The van der Waals surface area contributed by atoms with E-state index in [1.54, 1.807) is 14.2 Å². The van der Waals surface area contributed by atoms with Crippen LogP contribution in [-0.2, 0) is 42.8 Å². The second-order valence-electron chi connectivity index (χ2n) is 13.8. The third kappa shape index (κ3) is 33.6. The van der Waals surface area contributed by atoms with Crippen molar-refractivity contribution in [3.63, 3.8) is 0 Å². The summed E-state index contributed by atoms with van der Waals surface area (Å²) in [6, 6.07) is 5.62. The summed E-state index contributed by atoms with van der Waals surface area (Å²) in [4.78, 5) is 16.5. The zero-order chi connectivity index (χ0) is 39.7. The molecule has 0 fully saturated rings. The second-order valence-corrected chi connectivity index (χ2v) is 13.8. The van der Waals surface area contributed by atoms with Gasteiger partial charge in [0.05, 0.1) is 78.8 Å². The lowest BCUT2D eigenvalue weighted by Crippen LogP contribution is -2.15. The third-order valence-electron chi connectivity index (χ3n) is 9.01. The molecule has 0 saturated heterocycles. The van der Waals surface area contributed by atoms with Crippen LogP contribution in [0.15, 0.2) is 18.2 Å². The lowest BCUT2D eigenvalue weighted by molar-refractivity contribution is -0.282. The Bertz CT molecular complexity index is 972. The number of nitrogen functional groups attached to an aromatic ring is 1. The molecule has 13 heteroatoms. The van der Waals surface area contributed by atoms with Gasteiger partial charge in [0, 0.05) is 45.4 Å². The molecule has 0 heterocycles. The van der Waals surface area contributed by atoms with Gasteiger partial charge >= 0.3 is 5.97 Å². The summed E-state index contributed by atoms with van der Waals surface area (Å²) in [7, 11) is 3.29. The van der Waals surface area contributed by atoms with E-state index in [9.17, 15) is 10.1 Å². The maximum atomic E-state index is 11.9. The highest BCUT2D eigenvalue weighted by atomic mass is 17.1. The minimum atomic E-state index is -0.175. The highest BCUT2D eigenvalue weighted by molar-refractivity contribution is 5.69. The van der Waals surface area contributed by atoms with Crippen LogP contribution in [0.2, 0.25) is 0 Å². The molecule has 1 aromatic carbocycles. The minimum Gasteiger partial charge on any atom is -0.490 e. The van der Waals surface area contributed by atoms with Gasteiger partial charge in [0.2, 0.25) is 0 Å². The van der Waals surface area contributed by atoms with Crippen LogP contribution in [0.1, 0.15) is 122 Å². The van der Waals surface area contributed by atoms with E-state index in [4.69, 9.17) is 48.4 Å². The van der Waals surface area contributed by atoms with E-state index in [-0.39, 0.29) is 18.7 Å². The number of nitrogens with two attached hydrogens (primary N) is 1. The molecule has 0 aliphatic heterocycles. The van der Waals surface area contributed by atoms with E-state index in [1.165, 1.54) is 44.9 Å². The van der Waals surface area contributed by atoms with Crippen molar-refractivity contribution in [1.82, 2.24) is 0 Å². The normalized spacial score (nSPS) is 11.9. The van der Waals surface area contributed by atoms with Crippen molar-refractivity contribution in [3.05, 3.63) is 18.2 Å². The average Bonchev–Trinajstić information content (AvgIpc) is 3.19. The number of unbranched alkanes of at least 4 members (excludes halogenated alkanes) is 14. The highest BCUT2D eigenvalue weighted by Crippen LogP contribution is 2.30. The molecule has 322 valence electrons. The quantitative estimate of drug-likeness (QED) is 0.0215. The number of esters is 1. The van der Waals surface area contributed by atoms with E-state index in [0.29, 0.717) is 97.8 Å². The first kappa shape index (κ1) is 50.8. The van der Waals surface area contributed by atoms with Crippen LogP contribution in [0.3, 0.4) is 0 Å². The number of carbonyl (C=O) groups excluding carboxylic acids is 1. The van der Waals surface area contributed by atoms with Crippen LogP contribution >= 0.6 is 0 Å². The number of carbonyl (C=O) groups is 1. The van der Waals surface area contributed by atoms with E-state index < -0.39 is 0 Å². The van der Waals surface area contributed by atoms with Gasteiger partial charge in [-0.05, 0) is 37.8 Å². The first-order valence-corrected chi connectivity index (χ1v) is 21.0. The maximum absolute atomic E-state index is 11.9. The fourth-order valence-corrected chi connectivity index (χ4v) is 5.77. The average molecular weight is 788 g/mol. The van der Waals surface area contributed by atoms with E-state index >= 15 is 0 Å². The number of benzene rings is 1. The van der Waals surface area contributed by atoms with Crippen molar-refractivity contribution in [2.45, 2.75) is 128 Å². The first-order valence-electron chi connectivity index (χ1n) is 21.0. The Morgan fingerprint density at radius 2 is 0.982 bits per heavy atom. The molecule has 3 N–H and O–H groups in total. The summed E-state index contributed by atoms with van der Waals surface area (Å²) in [6.45, 7) is 6.88. The largest absolute Gasteiger partial charge is 0.490 e. The van der Waals surface area contributed by atoms with Crippen molar-refractivity contribution >= 4 is 11.7 Å². The zero-order valence-corrected chi connectivity index (χ0v) is 34.5. The van der Waals surface area contributed by atoms with Gasteiger partial charge in [-0.25, -0.2) is 4.89 Å². The van der Waals surface area contributed by atoms with Crippen molar-refractivity contribution in [2.75, 3.05) is 106 Å². The van der Waals surface area contributed by atoms with Gasteiger partial charge in [-0.2, -0.15) is 0 Å². The molecule has 1 aromatic rings. The van der Waals surface area contributed by atoms with Gasteiger partial charge in [0.25, 0.3) is 0 Å². The molecule has 13 nitrogen and oxygen atoms in total. The molecule has 55 heavy (non-hydrogen) atoms. The Labute approximate surface area is 332 Å². The number of hydrogen-bond donors (Lipinski definition) is 2. The van der Waals surface area contributed by atoms with Crippen molar-refractivity contribution in [2.24, 2.45) is 0 Å². The summed E-state index contributed by atoms with van der Waals surface area (Å²) in [5, 5.41) is 9.19. The molecular formula is C42H77NO12. The lowest BCUT2D eigenvalue weighted by atomic mass is 10.0. The fourth-order valence-electron chi connectivity index (χ4n) is 5.77. The molecule has 1 unspecified atom stereocenters. The molecule has 0 amide bonds. The molecule has 0 saturated carbocycles. The Morgan fingerprint density at radius 3 is 1.53 bits per heavy atom. The molecule has 0 aliphatic carbocycles. The van der Waals surface area contributed by atoms with E-state index in [2.05, 4.69) is 4.89 Å². The molecule has 0 aliphatic rings. The number of rotatable bonds is 43. The summed E-state index contributed by atoms with van der Waals surface area (Å²) < 4.78 is 48.8. The zero-order valence-electron chi connectivity index (χ0n) is 34.5. The number of hydrogen-bond acceptors (Lipinski definition) is 13. The molecule has 0 bridgehead atoms. The Morgan fingerprint density at radius 1 is 0.527 bits per heavy atom. The van der Waals surface area contributed by atoms with Crippen molar-refractivity contribution < 1.29 is 57.6 Å². The molecule has 1 atom stereocenters. The smallest absolute Gasteiger partial charge is 0.305 e. The van der Waals surface area contributed by atoms with E-state index in [0.717, 1.165) is 75.7 Å². The van der Waals surface area contributed by atoms with Crippen molar-refractivity contribution in [1.29, 1.82) is 0 Å². The second kappa shape index (κ2) is 40.0. The van der Waals surface area contributed by atoms with Gasteiger partial charge in [-0.15, -0.1) is 0 Å². The fraction of sp³-hybridized carbons (Fsp3) is 0.833. The van der Waals surface area contributed by atoms with Crippen LogP contribution in [0.4, 0.5) is 5.69 Å². The van der Waals surface area contributed by atoms with Crippen LogP contribution < -0.4 is 15.2 Å². The van der Waals surface area contributed by atoms with Crippen LogP contribution in [0.5, 0.6) is 11.5 Å². The number of anilines is 1. The number of ether oxygens (including phenoxy) is 9. The molecule has 0 aromatic heterocycles. The standard InChI is InChI=1S/C42H77NO12/c1-46-27-29-49-32-31-48-26-23-39(55-45)19-15-11-7-3-5-10-14-18-25-53-41-37-38(43)21-22-40(41)52-24-17-13-9-6-4-8-12-16-20-42(44)54-36-35-51-34-33-50-30-28-47-2/h21-22,37,39,45H,3-20,23-36,43H2,1-2H3. The van der Waals surface area contributed by atoms with Gasteiger partial charge in [0.1, 0.15) is 6.61 Å². The predicted molar refractivity (Wildman–Crippen MR) is 215 cm³/mol. The molecule has 1 rings (SSSR count). The molecule has 0 spiro atoms. The van der Waals surface area contributed by atoms with E-state index in [1.807, 2.05) is 18.2 Å². The van der Waals surface area contributed by atoms with Gasteiger partial charge < -0.3 is 48.4 Å². The van der Waals surface area contributed by atoms with Gasteiger partial charge in [-0.1, -0.05) is 83.5 Å². The van der Waals surface area contributed by atoms with Gasteiger partial charge in [-0.3, -0.25) is 10.1 Å². The summed E-state index contributed by atoms with van der Waals surface area (Å²) >= 11 is 0. The van der Waals surface area contributed by atoms with Crippen LogP contribution in [0.25, 0.3) is 0 Å². The molecule has 0 radical (unpaired) electrons. The summed E-state index contributed by atoms with van der Waals surface area (Å²) in [5.41, 5.74) is 6.71. The first-order chi connectivity index (χ1) is 27.1. The molecular weight excluding hydrogens is 710 g/mol. The SMILES string of the molecule is COCCOCCOCCOC(=O)CCCCCCCCCCOc1ccc(N)cc1OCCCCCCCCCCC(CCOCCOCCOC)OO. The Kier molecular flexibility index (Phi) is 36.9. The van der Waals surface area contributed by atoms with Gasteiger partial charge in [0.15, 0.2) is 11.5 Å². The van der Waals surface area contributed by atoms with Crippen LogP contribution in [-0.4, -0.2) is 117 Å². The monoisotopic (exact) mass is 788 g/mol. The summed E-state index contributed by atoms with van der Waals surface area (Å²) in [6.07, 6.45) is 19.7. The third-order valence-corrected chi connectivity index (χ3v) is 9.01. The highest BCUT2D eigenvalue weighted by Gasteiger charge is 2.10. The number of methoxy groups -OCH3 is 2. The minimum absolute atomic E-state index is 0.152. The lowest BCUT2D eigenvalue weighted by Gasteiger charge is -2.14. The topological polar surface area (TPSA) is 156 Å². The Balaban J connectivity index is 1.96. The van der Waals surface area contributed by atoms with Crippen LogP contribution in [0, 0.1) is 0 Å².